The average molecular weight is 317 g/mol. The number of benzene rings is 2. The van der Waals surface area contributed by atoms with Crippen LogP contribution in [0.3, 0.4) is 0 Å². The molecule has 0 radical (unpaired) electrons. The first-order chi connectivity index (χ1) is 10.9. The lowest BCUT2D eigenvalue weighted by Gasteiger charge is -2.07. The zero-order valence-electron chi connectivity index (χ0n) is 11.6. The summed E-state index contributed by atoms with van der Waals surface area (Å²) in [6, 6.07) is 9.09. The number of aromatic carboxylic acids is 2. The van der Waals surface area contributed by atoms with Crippen LogP contribution in [-0.2, 0) is 6.61 Å². The molecule has 2 rings (SSSR count). The summed E-state index contributed by atoms with van der Waals surface area (Å²) in [5.74, 6) is -1.99. The van der Waals surface area contributed by atoms with Crippen molar-refractivity contribution in [2.75, 3.05) is 0 Å². The summed E-state index contributed by atoms with van der Waals surface area (Å²) in [7, 11) is 0. The number of ether oxygens (including phenoxy) is 1. The Morgan fingerprint density at radius 2 is 1.57 bits per heavy atom. The molecule has 118 valence electrons. The van der Waals surface area contributed by atoms with E-state index in [1.165, 1.54) is 36.4 Å². The third-order valence-corrected chi connectivity index (χ3v) is 3.02. The Hall–Kier alpha value is -3.42. The average Bonchev–Trinajstić information content (AvgIpc) is 2.52. The minimum Gasteiger partial charge on any atom is -0.489 e. The van der Waals surface area contributed by atoms with Crippen molar-refractivity contribution in [1.29, 1.82) is 0 Å². The van der Waals surface area contributed by atoms with Crippen molar-refractivity contribution >= 4 is 17.6 Å². The van der Waals surface area contributed by atoms with Crippen LogP contribution in [0.25, 0.3) is 0 Å². The maximum absolute atomic E-state index is 11.0. The van der Waals surface area contributed by atoms with Crippen molar-refractivity contribution in [2.45, 2.75) is 6.61 Å². The van der Waals surface area contributed by atoms with E-state index in [-0.39, 0.29) is 29.0 Å². The van der Waals surface area contributed by atoms with Crippen LogP contribution in [0.2, 0.25) is 0 Å². The zero-order chi connectivity index (χ0) is 17.0. The number of hydrogen-bond acceptors (Lipinski definition) is 5. The van der Waals surface area contributed by atoms with Gasteiger partial charge in [-0.2, -0.15) is 0 Å². The van der Waals surface area contributed by atoms with Gasteiger partial charge in [-0.25, -0.2) is 9.59 Å². The van der Waals surface area contributed by atoms with E-state index in [1.54, 1.807) is 0 Å². The number of carboxylic acids is 2. The number of hydrogen-bond donors (Lipinski definition) is 2. The Kier molecular flexibility index (Phi) is 4.55. The Morgan fingerprint density at radius 3 is 2.09 bits per heavy atom. The van der Waals surface area contributed by atoms with Gasteiger partial charge in [0.1, 0.15) is 12.4 Å². The second kappa shape index (κ2) is 6.56. The molecule has 0 spiro atoms. The van der Waals surface area contributed by atoms with E-state index in [9.17, 15) is 19.7 Å². The van der Waals surface area contributed by atoms with Gasteiger partial charge < -0.3 is 14.9 Å². The van der Waals surface area contributed by atoms with E-state index in [4.69, 9.17) is 14.9 Å². The van der Waals surface area contributed by atoms with E-state index in [1.807, 2.05) is 0 Å². The number of carboxylic acid groups (broad SMARTS) is 2. The Labute approximate surface area is 129 Å². The first kappa shape index (κ1) is 16.0. The lowest BCUT2D eigenvalue weighted by Crippen LogP contribution is -2.04. The van der Waals surface area contributed by atoms with Gasteiger partial charge in [0.15, 0.2) is 0 Å². The van der Waals surface area contributed by atoms with Crippen molar-refractivity contribution in [3.8, 4) is 5.75 Å². The predicted octanol–water partition coefficient (Wildman–Crippen LogP) is 2.57. The smallest absolute Gasteiger partial charge is 0.335 e. The van der Waals surface area contributed by atoms with Crippen LogP contribution in [0.15, 0.2) is 42.5 Å². The third-order valence-electron chi connectivity index (χ3n) is 3.02. The SMILES string of the molecule is O=C(O)c1ccc(OCc2ccc(C(=O)O)cc2[N+](=O)[O-])cc1. The predicted molar refractivity (Wildman–Crippen MR) is 77.8 cm³/mol. The zero-order valence-corrected chi connectivity index (χ0v) is 11.6. The number of rotatable bonds is 6. The molecule has 0 aliphatic carbocycles. The van der Waals surface area contributed by atoms with Gasteiger partial charge in [0.25, 0.3) is 5.69 Å². The molecule has 0 heterocycles. The monoisotopic (exact) mass is 317 g/mol. The molecule has 0 atom stereocenters. The van der Waals surface area contributed by atoms with E-state index in [0.29, 0.717) is 5.75 Å². The highest BCUT2D eigenvalue weighted by Gasteiger charge is 2.17. The number of carbonyl (C=O) groups is 2. The molecule has 23 heavy (non-hydrogen) atoms. The van der Waals surface area contributed by atoms with Crippen molar-refractivity contribution < 1.29 is 29.5 Å². The molecular weight excluding hydrogens is 306 g/mol. The first-order valence-corrected chi connectivity index (χ1v) is 6.35. The van der Waals surface area contributed by atoms with Crippen LogP contribution in [0, 0.1) is 10.1 Å². The van der Waals surface area contributed by atoms with Crippen molar-refractivity contribution in [1.82, 2.24) is 0 Å². The topological polar surface area (TPSA) is 127 Å². The Bertz CT molecular complexity index is 768. The van der Waals surface area contributed by atoms with Gasteiger partial charge in [0, 0.05) is 6.07 Å². The Morgan fingerprint density at radius 1 is 1.00 bits per heavy atom. The number of nitrogens with zero attached hydrogens (tertiary/aromatic N) is 1. The quantitative estimate of drug-likeness (QED) is 0.619. The summed E-state index contributed by atoms with van der Waals surface area (Å²) in [4.78, 5) is 31.9. The number of nitro benzene ring substituents is 1. The maximum atomic E-state index is 11.0. The van der Waals surface area contributed by atoms with Crippen LogP contribution in [0.4, 0.5) is 5.69 Å². The van der Waals surface area contributed by atoms with E-state index >= 15 is 0 Å². The van der Waals surface area contributed by atoms with Crippen molar-refractivity contribution in [3.63, 3.8) is 0 Å². The van der Waals surface area contributed by atoms with Gasteiger partial charge >= 0.3 is 11.9 Å². The fourth-order valence-electron chi connectivity index (χ4n) is 1.84. The lowest BCUT2D eigenvalue weighted by atomic mass is 10.1. The summed E-state index contributed by atoms with van der Waals surface area (Å²) < 4.78 is 5.37. The molecule has 0 aliphatic rings. The molecule has 0 bridgehead atoms. The van der Waals surface area contributed by atoms with Gasteiger partial charge in [0.05, 0.1) is 21.6 Å². The molecule has 2 N–H and O–H groups in total. The van der Waals surface area contributed by atoms with Crippen LogP contribution in [0.5, 0.6) is 5.75 Å². The molecule has 0 fully saturated rings. The fourth-order valence-corrected chi connectivity index (χ4v) is 1.84. The fraction of sp³-hybridized carbons (Fsp3) is 0.0667. The van der Waals surface area contributed by atoms with Gasteiger partial charge in [0.2, 0.25) is 0 Å². The molecule has 8 heteroatoms. The van der Waals surface area contributed by atoms with Gasteiger partial charge in [-0.05, 0) is 36.4 Å². The summed E-state index contributed by atoms with van der Waals surface area (Å²) in [5.41, 5.74) is -0.241. The largest absolute Gasteiger partial charge is 0.489 e. The van der Waals surface area contributed by atoms with Crippen molar-refractivity contribution in [3.05, 3.63) is 69.3 Å². The summed E-state index contributed by atoms with van der Waals surface area (Å²) in [6.45, 7) is -0.150. The van der Waals surface area contributed by atoms with Gasteiger partial charge in [-0.1, -0.05) is 0 Å². The molecule has 0 amide bonds. The summed E-state index contributed by atoms with van der Waals surface area (Å²) in [5, 5.41) is 28.7. The van der Waals surface area contributed by atoms with E-state index in [2.05, 4.69) is 0 Å². The molecule has 0 aromatic heterocycles. The van der Waals surface area contributed by atoms with Crippen molar-refractivity contribution in [2.24, 2.45) is 0 Å². The first-order valence-electron chi connectivity index (χ1n) is 6.35. The van der Waals surface area contributed by atoms with E-state index < -0.39 is 16.9 Å². The second-order valence-corrected chi connectivity index (χ2v) is 4.52. The van der Waals surface area contributed by atoms with Crippen LogP contribution >= 0.6 is 0 Å². The van der Waals surface area contributed by atoms with Crippen LogP contribution < -0.4 is 4.74 Å². The highest BCUT2D eigenvalue weighted by molar-refractivity contribution is 5.88. The number of nitro groups is 1. The molecule has 8 nitrogen and oxygen atoms in total. The third kappa shape index (κ3) is 3.82. The highest BCUT2D eigenvalue weighted by atomic mass is 16.6. The minimum absolute atomic E-state index is 0.0918. The molecule has 2 aromatic rings. The van der Waals surface area contributed by atoms with E-state index in [0.717, 1.165) is 6.07 Å². The molecule has 0 aliphatic heterocycles. The van der Waals surface area contributed by atoms with Crippen LogP contribution in [-0.4, -0.2) is 27.1 Å². The Balaban J connectivity index is 2.18. The highest BCUT2D eigenvalue weighted by Crippen LogP contribution is 2.23. The molecule has 0 saturated carbocycles. The summed E-state index contributed by atoms with van der Waals surface area (Å²) in [6.07, 6.45) is 0. The molecule has 0 unspecified atom stereocenters. The minimum atomic E-state index is -1.26. The molecular formula is C15H11NO7. The summed E-state index contributed by atoms with van der Waals surface area (Å²) >= 11 is 0. The normalized spacial score (nSPS) is 10.1. The van der Waals surface area contributed by atoms with Crippen LogP contribution in [0.1, 0.15) is 26.3 Å². The second-order valence-electron chi connectivity index (χ2n) is 4.52. The van der Waals surface area contributed by atoms with Gasteiger partial charge in [-0.3, -0.25) is 10.1 Å². The molecule has 0 saturated heterocycles. The van der Waals surface area contributed by atoms with Gasteiger partial charge in [-0.15, -0.1) is 0 Å². The standard InChI is InChI=1S/C15H11NO7/c17-14(18)9-3-5-12(6-4-9)23-8-11-2-1-10(15(19)20)7-13(11)16(21)22/h1-7H,8H2,(H,17,18)(H,19,20). The molecule has 2 aromatic carbocycles. The maximum Gasteiger partial charge on any atom is 0.335 e. The lowest BCUT2D eigenvalue weighted by molar-refractivity contribution is -0.385.